The lowest BCUT2D eigenvalue weighted by Crippen LogP contribution is -2.22. The SMILES string of the molecule is O=C(NCc1ccc2c(c1)CNC2)c1sccc1OC(F)F. The van der Waals surface area contributed by atoms with Crippen molar-refractivity contribution >= 4 is 17.2 Å². The molecule has 1 aromatic heterocycles. The fourth-order valence-corrected chi connectivity index (χ4v) is 3.11. The molecule has 0 saturated carbocycles. The Morgan fingerprint density at radius 2 is 2.14 bits per heavy atom. The number of halogens is 2. The molecule has 2 N–H and O–H groups in total. The fourth-order valence-electron chi connectivity index (χ4n) is 2.37. The van der Waals surface area contributed by atoms with Gasteiger partial charge in [-0.1, -0.05) is 18.2 Å². The zero-order valence-electron chi connectivity index (χ0n) is 11.6. The summed E-state index contributed by atoms with van der Waals surface area (Å²) in [4.78, 5) is 12.2. The van der Waals surface area contributed by atoms with Gasteiger partial charge in [0.25, 0.3) is 5.91 Å². The second-order valence-electron chi connectivity index (χ2n) is 4.88. The quantitative estimate of drug-likeness (QED) is 0.889. The van der Waals surface area contributed by atoms with Crippen LogP contribution in [0.5, 0.6) is 5.75 Å². The van der Waals surface area contributed by atoms with Gasteiger partial charge in [-0.3, -0.25) is 4.79 Å². The molecular formula is C15H14F2N2O2S. The van der Waals surface area contributed by atoms with E-state index in [1.807, 2.05) is 18.2 Å². The van der Waals surface area contributed by atoms with Crippen molar-refractivity contribution in [1.29, 1.82) is 0 Å². The maximum absolute atomic E-state index is 12.3. The van der Waals surface area contributed by atoms with E-state index >= 15 is 0 Å². The molecule has 7 heteroatoms. The van der Waals surface area contributed by atoms with Gasteiger partial charge in [-0.15, -0.1) is 11.3 Å². The van der Waals surface area contributed by atoms with Crippen LogP contribution in [0.2, 0.25) is 0 Å². The Balaban J connectivity index is 1.64. The third kappa shape index (κ3) is 3.26. The van der Waals surface area contributed by atoms with Crippen molar-refractivity contribution in [3.63, 3.8) is 0 Å². The Morgan fingerprint density at radius 3 is 2.95 bits per heavy atom. The molecule has 0 saturated heterocycles. The van der Waals surface area contributed by atoms with E-state index in [1.165, 1.54) is 17.2 Å². The number of thiophene rings is 1. The Kier molecular flexibility index (Phi) is 4.35. The molecule has 0 fully saturated rings. The molecular weight excluding hydrogens is 310 g/mol. The monoisotopic (exact) mass is 324 g/mol. The maximum Gasteiger partial charge on any atom is 0.387 e. The van der Waals surface area contributed by atoms with Gasteiger partial charge in [-0.2, -0.15) is 8.78 Å². The van der Waals surface area contributed by atoms with Crippen molar-refractivity contribution in [2.24, 2.45) is 0 Å². The minimum atomic E-state index is -2.94. The van der Waals surface area contributed by atoms with Gasteiger partial charge in [0, 0.05) is 19.6 Å². The molecule has 0 atom stereocenters. The standard InChI is InChI=1S/C15H14F2N2O2S/c16-15(17)21-12-3-4-22-13(12)14(20)19-6-9-1-2-10-7-18-8-11(10)5-9/h1-5,15,18H,6-8H2,(H,19,20). The maximum atomic E-state index is 12.3. The lowest BCUT2D eigenvalue weighted by molar-refractivity contribution is -0.0498. The first-order chi connectivity index (χ1) is 10.6. The van der Waals surface area contributed by atoms with Crippen molar-refractivity contribution < 1.29 is 18.3 Å². The zero-order chi connectivity index (χ0) is 15.5. The van der Waals surface area contributed by atoms with Crippen LogP contribution in [0.1, 0.15) is 26.4 Å². The number of carbonyl (C=O) groups is 1. The number of fused-ring (bicyclic) bond motifs is 1. The van der Waals surface area contributed by atoms with Crippen LogP contribution in [-0.4, -0.2) is 12.5 Å². The van der Waals surface area contributed by atoms with Gasteiger partial charge >= 0.3 is 6.61 Å². The highest BCUT2D eigenvalue weighted by Gasteiger charge is 2.17. The van der Waals surface area contributed by atoms with Gasteiger partial charge in [0.15, 0.2) is 0 Å². The van der Waals surface area contributed by atoms with Crippen LogP contribution in [0.4, 0.5) is 8.78 Å². The van der Waals surface area contributed by atoms with Crippen LogP contribution in [0.25, 0.3) is 0 Å². The molecule has 2 heterocycles. The minimum Gasteiger partial charge on any atom is -0.433 e. The number of amides is 1. The highest BCUT2D eigenvalue weighted by molar-refractivity contribution is 7.12. The highest BCUT2D eigenvalue weighted by Crippen LogP contribution is 2.26. The van der Waals surface area contributed by atoms with Crippen molar-refractivity contribution in [3.05, 3.63) is 51.2 Å². The van der Waals surface area contributed by atoms with Crippen LogP contribution < -0.4 is 15.4 Å². The number of hydrogen-bond acceptors (Lipinski definition) is 4. The number of hydrogen-bond donors (Lipinski definition) is 2. The summed E-state index contributed by atoms with van der Waals surface area (Å²) in [7, 11) is 0. The molecule has 0 radical (unpaired) electrons. The summed E-state index contributed by atoms with van der Waals surface area (Å²) < 4.78 is 28.9. The summed E-state index contributed by atoms with van der Waals surface area (Å²) in [6.45, 7) is -0.900. The topological polar surface area (TPSA) is 50.4 Å². The van der Waals surface area contributed by atoms with Crippen LogP contribution in [-0.2, 0) is 19.6 Å². The molecule has 3 rings (SSSR count). The van der Waals surface area contributed by atoms with E-state index in [2.05, 4.69) is 15.4 Å². The summed E-state index contributed by atoms with van der Waals surface area (Å²) in [5, 5.41) is 7.54. The molecule has 2 aromatic rings. The van der Waals surface area contributed by atoms with Crippen molar-refractivity contribution in [2.45, 2.75) is 26.2 Å². The van der Waals surface area contributed by atoms with Crippen LogP contribution in [0, 0.1) is 0 Å². The largest absolute Gasteiger partial charge is 0.433 e. The second-order valence-corrected chi connectivity index (χ2v) is 5.80. The smallest absolute Gasteiger partial charge is 0.387 e. The van der Waals surface area contributed by atoms with E-state index in [1.54, 1.807) is 5.38 Å². The number of ether oxygens (including phenoxy) is 1. The van der Waals surface area contributed by atoms with Crippen LogP contribution in [0.3, 0.4) is 0 Å². The van der Waals surface area contributed by atoms with Gasteiger partial charge in [0.2, 0.25) is 0 Å². The van der Waals surface area contributed by atoms with E-state index in [-0.39, 0.29) is 10.6 Å². The third-order valence-electron chi connectivity index (χ3n) is 3.41. The predicted octanol–water partition coefficient (Wildman–Crippen LogP) is 2.88. The van der Waals surface area contributed by atoms with Gasteiger partial charge in [0.05, 0.1) is 0 Å². The van der Waals surface area contributed by atoms with Crippen LogP contribution >= 0.6 is 11.3 Å². The molecule has 22 heavy (non-hydrogen) atoms. The Labute approximate surface area is 130 Å². The van der Waals surface area contributed by atoms with E-state index in [4.69, 9.17) is 0 Å². The number of rotatable bonds is 5. The summed E-state index contributed by atoms with van der Waals surface area (Å²) in [6, 6.07) is 7.40. The van der Waals surface area contributed by atoms with E-state index in [9.17, 15) is 13.6 Å². The molecule has 0 spiro atoms. The minimum absolute atomic E-state index is 0.0874. The fraction of sp³-hybridized carbons (Fsp3) is 0.267. The first-order valence-corrected chi connectivity index (χ1v) is 7.63. The van der Waals surface area contributed by atoms with E-state index in [0.717, 1.165) is 30.0 Å². The lowest BCUT2D eigenvalue weighted by Gasteiger charge is -2.08. The zero-order valence-corrected chi connectivity index (χ0v) is 12.4. The Hall–Kier alpha value is -1.99. The van der Waals surface area contributed by atoms with E-state index < -0.39 is 12.5 Å². The number of benzene rings is 1. The lowest BCUT2D eigenvalue weighted by atomic mass is 10.1. The molecule has 1 aromatic carbocycles. The normalized spacial score (nSPS) is 13.2. The first-order valence-electron chi connectivity index (χ1n) is 6.75. The van der Waals surface area contributed by atoms with Crippen molar-refractivity contribution in [1.82, 2.24) is 10.6 Å². The summed E-state index contributed by atoms with van der Waals surface area (Å²) in [5.74, 6) is -0.500. The van der Waals surface area contributed by atoms with Gasteiger partial charge in [-0.25, -0.2) is 0 Å². The van der Waals surface area contributed by atoms with Gasteiger partial charge < -0.3 is 15.4 Å². The molecule has 0 bridgehead atoms. The number of carbonyl (C=O) groups excluding carboxylic acids is 1. The third-order valence-corrected chi connectivity index (χ3v) is 4.30. The van der Waals surface area contributed by atoms with Gasteiger partial charge in [-0.05, 0) is 28.1 Å². The summed E-state index contributed by atoms with van der Waals surface area (Å²) in [6.07, 6.45) is 0. The van der Waals surface area contributed by atoms with Crippen molar-refractivity contribution in [3.8, 4) is 5.75 Å². The number of nitrogens with one attached hydrogen (secondary N) is 2. The Bertz CT molecular complexity index is 688. The van der Waals surface area contributed by atoms with Crippen LogP contribution in [0.15, 0.2) is 29.6 Å². The predicted molar refractivity (Wildman–Crippen MR) is 79.1 cm³/mol. The molecule has 1 amide bonds. The van der Waals surface area contributed by atoms with Crippen molar-refractivity contribution in [2.75, 3.05) is 0 Å². The summed E-state index contributed by atoms with van der Waals surface area (Å²) in [5.41, 5.74) is 3.47. The number of alkyl halides is 2. The summed E-state index contributed by atoms with van der Waals surface area (Å²) >= 11 is 1.07. The average molecular weight is 324 g/mol. The van der Waals surface area contributed by atoms with Gasteiger partial charge in [0.1, 0.15) is 10.6 Å². The first kappa shape index (κ1) is 14.9. The highest BCUT2D eigenvalue weighted by atomic mass is 32.1. The van der Waals surface area contributed by atoms with E-state index in [0.29, 0.717) is 6.54 Å². The Morgan fingerprint density at radius 1 is 1.32 bits per heavy atom. The average Bonchev–Trinajstić information content (AvgIpc) is 3.12. The molecule has 1 aliphatic heterocycles. The molecule has 4 nitrogen and oxygen atoms in total. The molecule has 0 aliphatic carbocycles. The molecule has 0 unspecified atom stereocenters. The second kappa shape index (κ2) is 6.41. The molecule has 1 aliphatic rings. The molecule has 116 valence electrons.